The van der Waals surface area contributed by atoms with Gasteiger partial charge in [0.05, 0.1) is 43.5 Å². The van der Waals surface area contributed by atoms with Crippen LogP contribution in [0.5, 0.6) is 11.5 Å². The molecule has 0 radical (unpaired) electrons. The van der Waals surface area contributed by atoms with E-state index in [1.54, 1.807) is 55.7 Å². The molecule has 0 bridgehead atoms. The van der Waals surface area contributed by atoms with Gasteiger partial charge in [-0.3, -0.25) is 4.31 Å². The van der Waals surface area contributed by atoms with Gasteiger partial charge in [0.2, 0.25) is 0 Å². The number of aromatic nitrogens is 2. The van der Waals surface area contributed by atoms with E-state index < -0.39 is 41.5 Å². The van der Waals surface area contributed by atoms with Crippen LogP contribution in [0.2, 0.25) is 0 Å². The molecule has 0 saturated carbocycles. The Labute approximate surface area is 240 Å². The lowest BCUT2D eigenvalue weighted by Crippen LogP contribution is -2.47. The molecule has 0 saturated heterocycles. The predicted octanol–water partition coefficient (Wildman–Crippen LogP) is 1.73. The van der Waals surface area contributed by atoms with Crippen molar-refractivity contribution in [3.63, 3.8) is 0 Å². The van der Waals surface area contributed by atoms with Crippen LogP contribution in [0.1, 0.15) is 25.3 Å². The molecule has 0 fully saturated rings. The van der Waals surface area contributed by atoms with E-state index in [0.29, 0.717) is 24.5 Å². The number of aliphatic hydroxyl groups excluding tert-OH is 4. The van der Waals surface area contributed by atoms with E-state index in [-0.39, 0.29) is 22.9 Å². The zero-order chi connectivity index (χ0) is 29.8. The zero-order valence-corrected chi connectivity index (χ0v) is 23.9. The van der Waals surface area contributed by atoms with Crippen molar-refractivity contribution >= 4 is 21.4 Å². The number of hydrogen-bond donors (Lipinski definition) is 5. The molecular formula is C28H38N4O8S. The average molecular weight is 591 g/mol. The molecule has 13 heteroatoms. The molecule has 0 aliphatic rings. The summed E-state index contributed by atoms with van der Waals surface area (Å²) in [6.45, 7) is 3.32. The van der Waals surface area contributed by atoms with Crippen LogP contribution >= 0.6 is 0 Å². The normalized spacial score (nSPS) is 13.7. The molecule has 3 atom stereocenters. The highest BCUT2D eigenvalue weighted by Crippen LogP contribution is 2.33. The Bertz CT molecular complexity index is 1330. The maximum absolute atomic E-state index is 14.1. The third-order valence-corrected chi connectivity index (χ3v) is 7.94. The van der Waals surface area contributed by atoms with Crippen molar-refractivity contribution in [3.8, 4) is 11.5 Å². The Morgan fingerprint density at radius 2 is 1.78 bits per heavy atom. The van der Waals surface area contributed by atoms with Crippen LogP contribution in [0.15, 0.2) is 65.8 Å². The number of nitrogens with one attached hydrogen (secondary N) is 1. The molecule has 5 N–H and O–H groups in total. The highest BCUT2D eigenvalue weighted by molar-refractivity contribution is 7.93. The predicted molar refractivity (Wildman–Crippen MR) is 154 cm³/mol. The van der Waals surface area contributed by atoms with Gasteiger partial charge in [-0.25, -0.2) is 8.42 Å². The lowest BCUT2D eigenvalue weighted by atomic mass is 10.1. The topological polar surface area (TPSA) is 175 Å². The molecule has 0 aliphatic heterocycles. The van der Waals surface area contributed by atoms with Crippen LogP contribution in [0.4, 0.5) is 11.4 Å². The summed E-state index contributed by atoms with van der Waals surface area (Å²) < 4.78 is 40.8. The number of unbranched alkanes of at least 4 members (excludes halogenated alkanes) is 1. The maximum Gasteiger partial charge on any atom is 0.268 e. The highest BCUT2D eigenvalue weighted by Gasteiger charge is 2.34. The fourth-order valence-corrected chi connectivity index (χ4v) is 5.53. The molecule has 41 heavy (non-hydrogen) atoms. The molecule has 2 aromatic carbocycles. The number of para-hydroxylation sites is 1. The van der Waals surface area contributed by atoms with Crippen LogP contribution in [-0.4, -0.2) is 90.3 Å². The third kappa shape index (κ3) is 9.00. The third-order valence-electron chi connectivity index (χ3n) is 6.11. The molecule has 1 aromatic heterocycles. The van der Waals surface area contributed by atoms with Gasteiger partial charge >= 0.3 is 0 Å². The first kappa shape index (κ1) is 32.0. The Morgan fingerprint density at radius 1 is 1.00 bits per heavy atom. The van der Waals surface area contributed by atoms with E-state index in [1.807, 2.05) is 6.92 Å². The fourth-order valence-electron chi connectivity index (χ4n) is 3.93. The Balaban J connectivity index is 1.93. The van der Waals surface area contributed by atoms with Crippen molar-refractivity contribution in [1.82, 2.24) is 10.2 Å². The first-order valence-electron chi connectivity index (χ1n) is 13.3. The summed E-state index contributed by atoms with van der Waals surface area (Å²) in [6, 6.07) is 12.8. The van der Waals surface area contributed by atoms with E-state index in [4.69, 9.17) is 9.47 Å². The average Bonchev–Trinajstić information content (AvgIpc) is 2.97. The summed E-state index contributed by atoms with van der Waals surface area (Å²) in [5, 5.41) is 50.8. The summed E-state index contributed by atoms with van der Waals surface area (Å²) in [6.07, 6.45) is -0.481. The standard InChI is InChI=1S/C28H38N4O8S/c1-3-4-12-40-26-7-5-6-8-27(26)41(37,38)32(18-24(34)28(36)25(35)19-33)22-14-20(2)15-23(16-22)39-13-11-29-21-9-10-30-31-17-21/h5-10,14-17,24-25,28,33-36H,3-4,11-13,18-19H2,1-2H3,(H,29,30). The molecule has 1 heterocycles. The second-order valence-electron chi connectivity index (χ2n) is 9.40. The van der Waals surface area contributed by atoms with Crippen LogP contribution < -0.4 is 19.1 Å². The van der Waals surface area contributed by atoms with Gasteiger partial charge in [-0.2, -0.15) is 10.2 Å². The van der Waals surface area contributed by atoms with E-state index >= 15 is 0 Å². The number of anilines is 2. The van der Waals surface area contributed by atoms with Crippen molar-refractivity contribution in [2.45, 2.75) is 49.9 Å². The van der Waals surface area contributed by atoms with Gasteiger partial charge in [0.25, 0.3) is 10.0 Å². The number of sulfonamides is 1. The number of aliphatic hydroxyl groups is 4. The van der Waals surface area contributed by atoms with E-state index in [1.165, 1.54) is 12.1 Å². The van der Waals surface area contributed by atoms with Crippen molar-refractivity contribution < 1.29 is 38.3 Å². The number of benzene rings is 2. The molecule has 3 aromatic rings. The van der Waals surface area contributed by atoms with Gasteiger partial charge < -0.3 is 35.2 Å². The molecule has 0 aliphatic carbocycles. The molecule has 3 unspecified atom stereocenters. The van der Waals surface area contributed by atoms with Gasteiger partial charge in [0, 0.05) is 12.6 Å². The van der Waals surface area contributed by atoms with Crippen LogP contribution in [0.3, 0.4) is 0 Å². The fraction of sp³-hybridized carbons (Fsp3) is 0.429. The van der Waals surface area contributed by atoms with Gasteiger partial charge in [-0.15, -0.1) is 0 Å². The van der Waals surface area contributed by atoms with Crippen molar-refractivity contribution in [2.24, 2.45) is 0 Å². The monoisotopic (exact) mass is 590 g/mol. The minimum absolute atomic E-state index is 0.125. The Morgan fingerprint density at radius 3 is 2.49 bits per heavy atom. The lowest BCUT2D eigenvalue weighted by Gasteiger charge is -2.30. The minimum atomic E-state index is -4.37. The largest absolute Gasteiger partial charge is 0.492 e. The summed E-state index contributed by atoms with van der Waals surface area (Å²) >= 11 is 0. The van der Waals surface area contributed by atoms with Crippen molar-refractivity contribution in [3.05, 3.63) is 66.5 Å². The van der Waals surface area contributed by atoms with E-state index in [9.17, 15) is 28.8 Å². The summed E-state index contributed by atoms with van der Waals surface area (Å²) in [4.78, 5) is -0.125. The van der Waals surface area contributed by atoms with Crippen LogP contribution in [0, 0.1) is 6.92 Å². The molecular weight excluding hydrogens is 552 g/mol. The SMILES string of the molecule is CCCCOc1ccccc1S(=O)(=O)N(CC(O)C(O)C(O)CO)c1cc(C)cc(OCCNc2ccnnc2)c1. The summed E-state index contributed by atoms with van der Waals surface area (Å²) in [5.74, 6) is 0.532. The van der Waals surface area contributed by atoms with E-state index in [2.05, 4.69) is 15.5 Å². The highest BCUT2D eigenvalue weighted by atomic mass is 32.2. The molecule has 224 valence electrons. The molecule has 12 nitrogen and oxygen atoms in total. The van der Waals surface area contributed by atoms with Gasteiger partial charge in [0.15, 0.2) is 0 Å². The van der Waals surface area contributed by atoms with Gasteiger partial charge in [-0.1, -0.05) is 25.5 Å². The van der Waals surface area contributed by atoms with Gasteiger partial charge in [-0.05, 0) is 49.2 Å². The number of rotatable bonds is 17. The number of nitrogens with zero attached hydrogens (tertiary/aromatic N) is 3. The quantitative estimate of drug-likeness (QED) is 0.145. The maximum atomic E-state index is 14.1. The van der Waals surface area contributed by atoms with Crippen molar-refractivity contribution in [1.29, 1.82) is 0 Å². The Hall–Kier alpha value is -3.49. The summed E-state index contributed by atoms with van der Waals surface area (Å²) in [7, 11) is -4.37. The molecule has 0 amide bonds. The second kappa shape index (κ2) is 15.5. The molecule has 0 spiro atoms. The second-order valence-corrected chi connectivity index (χ2v) is 11.2. The first-order chi connectivity index (χ1) is 19.7. The van der Waals surface area contributed by atoms with Gasteiger partial charge in [0.1, 0.15) is 41.3 Å². The minimum Gasteiger partial charge on any atom is -0.492 e. The number of aryl methyl sites for hydroxylation is 1. The zero-order valence-electron chi connectivity index (χ0n) is 23.1. The van der Waals surface area contributed by atoms with Crippen molar-refractivity contribution in [2.75, 3.05) is 42.5 Å². The number of hydrogen-bond acceptors (Lipinski definition) is 11. The Kier molecular flexibility index (Phi) is 12.1. The van der Waals surface area contributed by atoms with E-state index in [0.717, 1.165) is 22.8 Å². The summed E-state index contributed by atoms with van der Waals surface area (Å²) in [5.41, 5.74) is 1.62. The lowest BCUT2D eigenvalue weighted by molar-refractivity contribution is -0.0723. The smallest absolute Gasteiger partial charge is 0.268 e. The molecule has 3 rings (SSSR count). The van der Waals surface area contributed by atoms with Crippen LogP contribution in [-0.2, 0) is 10.0 Å². The first-order valence-corrected chi connectivity index (χ1v) is 14.8. The van der Waals surface area contributed by atoms with Crippen LogP contribution in [0.25, 0.3) is 0 Å². The number of ether oxygens (including phenoxy) is 2.